The van der Waals surface area contributed by atoms with Crippen LogP contribution in [0.4, 0.5) is 0 Å². The lowest BCUT2D eigenvalue weighted by molar-refractivity contribution is -0.172. The zero-order chi connectivity index (χ0) is 16.8. The number of benzene rings is 1. The monoisotopic (exact) mass is 306 g/mol. The molecule has 0 amide bonds. The molecule has 0 spiro atoms. The van der Waals surface area contributed by atoms with E-state index in [1.807, 2.05) is 0 Å². The molecule has 126 valence electrons. The molecule has 0 aliphatic heterocycles. The zero-order valence-corrected chi connectivity index (χ0v) is 15.5. The van der Waals surface area contributed by atoms with Gasteiger partial charge in [0.15, 0.2) is 0 Å². The molecular formula is C20H34O2. The van der Waals surface area contributed by atoms with Gasteiger partial charge in [0.2, 0.25) is 6.29 Å². The molecule has 0 N–H and O–H groups in total. The fourth-order valence-corrected chi connectivity index (χ4v) is 2.30. The van der Waals surface area contributed by atoms with Gasteiger partial charge in [0.05, 0.1) is 6.10 Å². The predicted octanol–water partition coefficient (Wildman–Crippen LogP) is 6.16. The summed E-state index contributed by atoms with van der Waals surface area (Å²) < 4.78 is 12.4. The van der Waals surface area contributed by atoms with Crippen LogP contribution in [0.2, 0.25) is 0 Å². The Hall–Kier alpha value is -1.02. The first-order valence-corrected chi connectivity index (χ1v) is 8.73. The molecule has 2 unspecified atom stereocenters. The standard InChI is InChI=1S/C20H34O2/c1-8-15(4)16-11-13-18(14-12-16)22-19(20(5,6)7)21-17(9-2)10-3/h11-15,17,19H,8-10H2,1-7H3. The van der Waals surface area contributed by atoms with Crippen LogP contribution in [0.15, 0.2) is 24.3 Å². The molecule has 1 aromatic carbocycles. The van der Waals surface area contributed by atoms with Crippen LogP contribution in [-0.2, 0) is 4.74 Å². The van der Waals surface area contributed by atoms with Gasteiger partial charge in [-0.15, -0.1) is 0 Å². The summed E-state index contributed by atoms with van der Waals surface area (Å²) in [6.07, 6.45) is 3.21. The molecule has 2 nitrogen and oxygen atoms in total. The maximum Gasteiger partial charge on any atom is 0.204 e. The Labute approximate surface area is 137 Å². The molecule has 0 aromatic heterocycles. The summed E-state index contributed by atoms with van der Waals surface area (Å²) >= 11 is 0. The van der Waals surface area contributed by atoms with E-state index in [1.54, 1.807) is 0 Å². The second kappa shape index (κ2) is 8.57. The van der Waals surface area contributed by atoms with Crippen molar-refractivity contribution in [3.05, 3.63) is 29.8 Å². The van der Waals surface area contributed by atoms with E-state index in [0.29, 0.717) is 5.92 Å². The lowest BCUT2D eigenvalue weighted by Gasteiger charge is -2.33. The molecule has 0 aliphatic carbocycles. The number of rotatable bonds is 8. The molecule has 0 heterocycles. The van der Waals surface area contributed by atoms with E-state index in [4.69, 9.17) is 9.47 Å². The Bertz CT molecular complexity index is 412. The van der Waals surface area contributed by atoms with Crippen molar-refractivity contribution in [3.8, 4) is 5.75 Å². The minimum absolute atomic E-state index is 0.0576. The van der Waals surface area contributed by atoms with Crippen LogP contribution in [0.25, 0.3) is 0 Å². The van der Waals surface area contributed by atoms with Crippen LogP contribution in [0.1, 0.15) is 79.2 Å². The smallest absolute Gasteiger partial charge is 0.204 e. The fraction of sp³-hybridized carbons (Fsp3) is 0.700. The van der Waals surface area contributed by atoms with Crippen molar-refractivity contribution >= 4 is 0 Å². The van der Waals surface area contributed by atoms with Crippen molar-refractivity contribution in [2.45, 2.75) is 86.0 Å². The molecule has 0 saturated heterocycles. The quantitative estimate of drug-likeness (QED) is 0.536. The fourth-order valence-electron chi connectivity index (χ4n) is 2.30. The van der Waals surface area contributed by atoms with Gasteiger partial charge in [-0.2, -0.15) is 0 Å². The van der Waals surface area contributed by atoms with Crippen molar-refractivity contribution in [1.82, 2.24) is 0 Å². The normalized spacial score (nSPS) is 14.9. The zero-order valence-electron chi connectivity index (χ0n) is 15.5. The van der Waals surface area contributed by atoms with Crippen molar-refractivity contribution in [2.24, 2.45) is 5.41 Å². The summed E-state index contributed by atoms with van der Waals surface area (Å²) in [5.41, 5.74) is 1.31. The SMILES string of the molecule is CCC(CC)OC(Oc1ccc(C(C)CC)cc1)C(C)(C)C. The Balaban J connectivity index is 2.81. The summed E-state index contributed by atoms with van der Waals surface area (Å²) in [7, 11) is 0. The van der Waals surface area contributed by atoms with Crippen LogP contribution in [0.3, 0.4) is 0 Å². The third kappa shape index (κ3) is 5.64. The highest BCUT2D eigenvalue weighted by Gasteiger charge is 2.29. The average molecular weight is 306 g/mol. The molecule has 0 radical (unpaired) electrons. The van der Waals surface area contributed by atoms with Crippen LogP contribution in [0, 0.1) is 5.41 Å². The van der Waals surface area contributed by atoms with Gasteiger partial charge in [0.25, 0.3) is 0 Å². The number of hydrogen-bond donors (Lipinski definition) is 0. The Morgan fingerprint density at radius 1 is 0.909 bits per heavy atom. The van der Waals surface area contributed by atoms with Crippen LogP contribution in [0.5, 0.6) is 5.75 Å². The second-order valence-corrected chi connectivity index (χ2v) is 7.27. The second-order valence-electron chi connectivity index (χ2n) is 7.27. The molecule has 1 rings (SSSR count). The molecule has 22 heavy (non-hydrogen) atoms. The van der Waals surface area contributed by atoms with Gasteiger partial charge in [-0.1, -0.05) is 60.6 Å². The van der Waals surface area contributed by atoms with Crippen molar-refractivity contribution in [1.29, 1.82) is 0 Å². The first-order valence-electron chi connectivity index (χ1n) is 8.73. The number of ether oxygens (including phenoxy) is 2. The molecule has 0 saturated carbocycles. The molecule has 1 aromatic rings. The molecular weight excluding hydrogens is 272 g/mol. The predicted molar refractivity (Wildman–Crippen MR) is 94.5 cm³/mol. The third-order valence-electron chi connectivity index (χ3n) is 4.24. The minimum atomic E-state index is -0.230. The van der Waals surface area contributed by atoms with Gasteiger partial charge in [-0.3, -0.25) is 0 Å². The maximum absolute atomic E-state index is 6.19. The Kier molecular flexibility index (Phi) is 7.41. The van der Waals surface area contributed by atoms with Crippen molar-refractivity contribution < 1.29 is 9.47 Å². The summed E-state index contributed by atoms with van der Waals surface area (Å²) in [5, 5.41) is 0. The first-order chi connectivity index (χ1) is 10.3. The van der Waals surface area contributed by atoms with E-state index in [0.717, 1.165) is 25.0 Å². The average Bonchev–Trinajstić information content (AvgIpc) is 2.50. The lowest BCUT2D eigenvalue weighted by Crippen LogP contribution is -2.37. The van der Waals surface area contributed by atoms with Crippen molar-refractivity contribution in [2.75, 3.05) is 0 Å². The Morgan fingerprint density at radius 3 is 1.86 bits per heavy atom. The van der Waals surface area contributed by atoms with Crippen LogP contribution >= 0.6 is 0 Å². The summed E-state index contributed by atoms with van der Waals surface area (Å²) in [5.74, 6) is 1.48. The van der Waals surface area contributed by atoms with Gasteiger partial charge >= 0.3 is 0 Å². The van der Waals surface area contributed by atoms with Gasteiger partial charge in [0.1, 0.15) is 5.75 Å². The highest BCUT2D eigenvalue weighted by molar-refractivity contribution is 5.29. The van der Waals surface area contributed by atoms with Crippen LogP contribution in [-0.4, -0.2) is 12.4 Å². The highest BCUT2D eigenvalue weighted by Crippen LogP contribution is 2.29. The van der Waals surface area contributed by atoms with Gasteiger partial charge in [0, 0.05) is 5.41 Å². The maximum atomic E-state index is 6.19. The summed E-state index contributed by atoms with van der Waals surface area (Å²) in [6.45, 7) is 15.3. The van der Waals surface area contributed by atoms with Gasteiger partial charge in [-0.25, -0.2) is 0 Å². The molecule has 0 fully saturated rings. The van der Waals surface area contributed by atoms with E-state index in [-0.39, 0.29) is 17.8 Å². The highest BCUT2D eigenvalue weighted by atomic mass is 16.7. The van der Waals surface area contributed by atoms with E-state index in [1.165, 1.54) is 5.56 Å². The van der Waals surface area contributed by atoms with E-state index < -0.39 is 0 Å². The number of hydrogen-bond acceptors (Lipinski definition) is 2. The largest absolute Gasteiger partial charge is 0.464 e. The van der Waals surface area contributed by atoms with Gasteiger partial charge < -0.3 is 9.47 Å². The first kappa shape index (κ1) is 19.0. The summed E-state index contributed by atoms with van der Waals surface area (Å²) in [4.78, 5) is 0. The molecule has 2 heteroatoms. The van der Waals surface area contributed by atoms with Crippen LogP contribution < -0.4 is 4.74 Å². The molecule has 0 bridgehead atoms. The van der Waals surface area contributed by atoms with Gasteiger partial charge in [-0.05, 0) is 42.9 Å². The lowest BCUT2D eigenvalue weighted by atomic mass is 9.95. The van der Waals surface area contributed by atoms with E-state index >= 15 is 0 Å². The van der Waals surface area contributed by atoms with E-state index in [9.17, 15) is 0 Å². The summed E-state index contributed by atoms with van der Waals surface area (Å²) in [6, 6.07) is 8.47. The third-order valence-corrected chi connectivity index (χ3v) is 4.24. The van der Waals surface area contributed by atoms with Crippen molar-refractivity contribution in [3.63, 3.8) is 0 Å². The molecule has 2 atom stereocenters. The Morgan fingerprint density at radius 2 is 1.45 bits per heavy atom. The minimum Gasteiger partial charge on any atom is -0.464 e. The molecule has 0 aliphatic rings. The van der Waals surface area contributed by atoms with E-state index in [2.05, 4.69) is 72.7 Å². The topological polar surface area (TPSA) is 18.5 Å².